The molecule has 7 heteroatoms. The third-order valence-electron chi connectivity index (χ3n) is 3.98. The van der Waals surface area contributed by atoms with Crippen molar-refractivity contribution >= 4 is 44.4 Å². The average molecular weight is 403 g/mol. The SMILES string of the molecule is COc1cc2nc(NC(=O)CCCSc3ccc(C)cc3)sc2cc1OC. The summed E-state index contributed by atoms with van der Waals surface area (Å²) in [4.78, 5) is 17.9. The number of carbonyl (C=O) groups excluding carboxylic acids is 1. The molecule has 1 amide bonds. The molecular weight excluding hydrogens is 380 g/mol. The van der Waals surface area contributed by atoms with Crippen molar-refractivity contribution in [3.05, 3.63) is 42.0 Å². The summed E-state index contributed by atoms with van der Waals surface area (Å²) in [5.74, 6) is 2.17. The number of nitrogens with zero attached hydrogens (tertiary/aromatic N) is 1. The molecule has 0 aliphatic heterocycles. The number of thioether (sulfide) groups is 1. The number of fused-ring (bicyclic) bond motifs is 1. The van der Waals surface area contributed by atoms with Gasteiger partial charge in [0, 0.05) is 23.4 Å². The van der Waals surface area contributed by atoms with Gasteiger partial charge in [-0.2, -0.15) is 0 Å². The summed E-state index contributed by atoms with van der Waals surface area (Å²) in [7, 11) is 3.19. The van der Waals surface area contributed by atoms with Gasteiger partial charge in [0.15, 0.2) is 16.6 Å². The van der Waals surface area contributed by atoms with E-state index < -0.39 is 0 Å². The largest absolute Gasteiger partial charge is 0.493 e. The maximum absolute atomic E-state index is 12.2. The zero-order valence-corrected chi connectivity index (χ0v) is 17.2. The summed E-state index contributed by atoms with van der Waals surface area (Å²) in [6.45, 7) is 2.08. The monoisotopic (exact) mass is 402 g/mol. The predicted octanol–water partition coefficient (Wildman–Crippen LogP) is 5.13. The van der Waals surface area contributed by atoms with Gasteiger partial charge in [0.2, 0.25) is 5.91 Å². The number of carbonyl (C=O) groups is 1. The minimum Gasteiger partial charge on any atom is -0.493 e. The normalized spacial score (nSPS) is 10.8. The molecule has 1 aromatic heterocycles. The lowest BCUT2D eigenvalue weighted by Gasteiger charge is -2.05. The lowest BCUT2D eigenvalue weighted by molar-refractivity contribution is -0.116. The molecular formula is C20H22N2O3S2. The van der Waals surface area contributed by atoms with E-state index in [-0.39, 0.29) is 5.91 Å². The van der Waals surface area contributed by atoms with Crippen LogP contribution in [0.3, 0.4) is 0 Å². The van der Waals surface area contributed by atoms with E-state index in [1.54, 1.807) is 26.0 Å². The second-order valence-electron chi connectivity index (χ2n) is 6.01. The molecule has 0 radical (unpaired) electrons. The fraction of sp³-hybridized carbons (Fsp3) is 0.300. The molecule has 5 nitrogen and oxygen atoms in total. The van der Waals surface area contributed by atoms with Gasteiger partial charge in [-0.05, 0) is 31.2 Å². The zero-order valence-electron chi connectivity index (χ0n) is 15.6. The maximum Gasteiger partial charge on any atom is 0.226 e. The number of rotatable bonds is 8. The molecule has 0 aliphatic carbocycles. The Morgan fingerprint density at radius 1 is 1.15 bits per heavy atom. The number of nitrogens with one attached hydrogen (secondary N) is 1. The summed E-state index contributed by atoms with van der Waals surface area (Å²) in [6, 6.07) is 12.1. The number of ether oxygens (including phenoxy) is 2. The van der Waals surface area contributed by atoms with Crippen LogP contribution in [-0.2, 0) is 4.79 Å². The molecule has 142 valence electrons. The lowest BCUT2D eigenvalue weighted by atomic mass is 10.2. The number of anilines is 1. The Hall–Kier alpha value is -2.25. The minimum absolute atomic E-state index is 0.0162. The van der Waals surface area contributed by atoms with Gasteiger partial charge in [-0.1, -0.05) is 29.0 Å². The van der Waals surface area contributed by atoms with Gasteiger partial charge in [-0.25, -0.2) is 4.98 Å². The van der Waals surface area contributed by atoms with Gasteiger partial charge in [0.1, 0.15) is 0 Å². The highest BCUT2D eigenvalue weighted by molar-refractivity contribution is 7.99. The van der Waals surface area contributed by atoms with Gasteiger partial charge in [0.05, 0.1) is 24.4 Å². The number of aromatic nitrogens is 1. The van der Waals surface area contributed by atoms with Crippen LogP contribution in [0.25, 0.3) is 10.2 Å². The Labute approximate surface area is 167 Å². The fourth-order valence-electron chi connectivity index (χ4n) is 2.55. The van der Waals surface area contributed by atoms with Gasteiger partial charge in [0.25, 0.3) is 0 Å². The molecule has 27 heavy (non-hydrogen) atoms. The molecule has 3 aromatic rings. The Morgan fingerprint density at radius 3 is 2.56 bits per heavy atom. The second kappa shape index (κ2) is 9.10. The van der Waals surface area contributed by atoms with Gasteiger partial charge in [-0.15, -0.1) is 11.8 Å². The van der Waals surface area contributed by atoms with Crippen LogP contribution >= 0.6 is 23.1 Å². The van der Waals surface area contributed by atoms with E-state index in [1.807, 2.05) is 12.1 Å². The first-order valence-corrected chi connectivity index (χ1v) is 10.4. The Balaban J connectivity index is 1.52. The van der Waals surface area contributed by atoms with Gasteiger partial charge < -0.3 is 14.8 Å². The molecule has 0 unspecified atom stereocenters. The van der Waals surface area contributed by atoms with Crippen LogP contribution in [0.4, 0.5) is 5.13 Å². The van der Waals surface area contributed by atoms with Crippen molar-refractivity contribution in [3.63, 3.8) is 0 Å². The summed E-state index contributed by atoms with van der Waals surface area (Å²) in [5.41, 5.74) is 2.03. The number of amides is 1. The Morgan fingerprint density at radius 2 is 1.85 bits per heavy atom. The molecule has 3 rings (SSSR count). The molecule has 0 fully saturated rings. The van der Waals surface area contributed by atoms with E-state index in [9.17, 15) is 4.79 Å². The van der Waals surface area contributed by atoms with Crippen molar-refractivity contribution in [2.24, 2.45) is 0 Å². The molecule has 0 atom stereocenters. The molecule has 0 saturated carbocycles. The van der Waals surface area contributed by atoms with Crippen molar-refractivity contribution in [3.8, 4) is 11.5 Å². The molecule has 0 spiro atoms. The number of aryl methyl sites for hydroxylation is 1. The van der Waals surface area contributed by atoms with Crippen LogP contribution in [0.5, 0.6) is 11.5 Å². The van der Waals surface area contributed by atoms with Crippen molar-refractivity contribution < 1.29 is 14.3 Å². The third kappa shape index (κ3) is 5.14. The number of benzene rings is 2. The molecule has 0 saturated heterocycles. The second-order valence-corrected chi connectivity index (χ2v) is 8.21. The first-order valence-electron chi connectivity index (χ1n) is 8.61. The van der Waals surface area contributed by atoms with Gasteiger partial charge >= 0.3 is 0 Å². The molecule has 2 aromatic carbocycles. The van der Waals surface area contributed by atoms with Crippen LogP contribution in [-0.4, -0.2) is 30.9 Å². The molecule has 1 heterocycles. The summed E-state index contributed by atoms with van der Waals surface area (Å²) >= 11 is 3.20. The van der Waals surface area contributed by atoms with E-state index in [0.29, 0.717) is 23.1 Å². The number of hydrogen-bond donors (Lipinski definition) is 1. The van der Waals surface area contributed by atoms with E-state index >= 15 is 0 Å². The zero-order chi connectivity index (χ0) is 19.2. The van der Waals surface area contributed by atoms with Crippen LogP contribution in [0.2, 0.25) is 0 Å². The van der Waals surface area contributed by atoms with E-state index in [4.69, 9.17) is 9.47 Å². The highest BCUT2D eigenvalue weighted by atomic mass is 32.2. The number of methoxy groups -OCH3 is 2. The van der Waals surface area contributed by atoms with Crippen LogP contribution in [0.15, 0.2) is 41.3 Å². The number of thiazole rings is 1. The highest BCUT2D eigenvalue weighted by Crippen LogP contribution is 2.36. The summed E-state index contributed by atoms with van der Waals surface area (Å²) < 4.78 is 11.5. The standard InChI is InChI=1S/C20H22N2O3S2/c1-13-6-8-14(9-7-13)26-10-4-5-19(23)22-20-21-15-11-16(24-2)17(25-3)12-18(15)27-20/h6-9,11-12H,4-5,10H2,1-3H3,(H,21,22,23). The van der Waals surface area contributed by atoms with E-state index in [1.165, 1.54) is 21.8 Å². The smallest absolute Gasteiger partial charge is 0.226 e. The van der Waals surface area contributed by atoms with Crippen molar-refractivity contribution in [2.75, 3.05) is 25.3 Å². The maximum atomic E-state index is 12.2. The van der Waals surface area contributed by atoms with Crippen molar-refractivity contribution in [1.29, 1.82) is 0 Å². The van der Waals surface area contributed by atoms with Crippen molar-refractivity contribution in [1.82, 2.24) is 4.98 Å². The fourth-order valence-corrected chi connectivity index (χ4v) is 4.29. The van der Waals surface area contributed by atoms with Crippen LogP contribution < -0.4 is 14.8 Å². The average Bonchev–Trinajstić information content (AvgIpc) is 3.06. The van der Waals surface area contributed by atoms with Crippen LogP contribution in [0.1, 0.15) is 18.4 Å². The quantitative estimate of drug-likeness (QED) is 0.418. The van der Waals surface area contributed by atoms with Crippen LogP contribution in [0, 0.1) is 6.92 Å². The molecule has 1 N–H and O–H groups in total. The Kier molecular flexibility index (Phi) is 6.58. The first kappa shape index (κ1) is 19.5. The summed E-state index contributed by atoms with van der Waals surface area (Å²) in [6.07, 6.45) is 1.29. The van der Waals surface area contributed by atoms with E-state index in [2.05, 4.69) is 41.5 Å². The van der Waals surface area contributed by atoms with E-state index in [0.717, 1.165) is 22.4 Å². The number of hydrogen-bond acceptors (Lipinski definition) is 6. The highest BCUT2D eigenvalue weighted by Gasteiger charge is 2.12. The van der Waals surface area contributed by atoms with Gasteiger partial charge in [-0.3, -0.25) is 4.79 Å². The Bertz CT molecular complexity index is 882. The lowest BCUT2D eigenvalue weighted by Crippen LogP contribution is -2.11. The first-order chi connectivity index (χ1) is 13.1. The predicted molar refractivity (Wildman–Crippen MR) is 112 cm³/mol. The topological polar surface area (TPSA) is 60.5 Å². The van der Waals surface area contributed by atoms with Crippen molar-refractivity contribution in [2.45, 2.75) is 24.7 Å². The third-order valence-corrected chi connectivity index (χ3v) is 6.01. The molecule has 0 aliphatic rings. The molecule has 0 bridgehead atoms. The summed E-state index contributed by atoms with van der Waals surface area (Å²) in [5, 5.41) is 3.48. The minimum atomic E-state index is -0.0162.